The molecule has 108 valence electrons. The summed E-state index contributed by atoms with van der Waals surface area (Å²) in [5, 5.41) is 13.3. The van der Waals surface area contributed by atoms with E-state index in [-0.39, 0.29) is 5.75 Å². The Bertz CT molecular complexity index is 662. The summed E-state index contributed by atoms with van der Waals surface area (Å²) in [6.07, 6.45) is 4.04. The lowest BCUT2D eigenvalue weighted by atomic mass is 9.94. The van der Waals surface area contributed by atoms with Crippen LogP contribution in [-0.4, -0.2) is 12.2 Å². The molecule has 2 N–H and O–H groups in total. The lowest BCUT2D eigenvalue weighted by Gasteiger charge is -2.19. The Hall–Kier alpha value is -2.42. The van der Waals surface area contributed by atoms with Gasteiger partial charge in [-0.15, -0.1) is 0 Å². The van der Waals surface area contributed by atoms with Crippen LogP contribution in [-0.2, 0) is 13.0 Å². The standard InChI is InChI=1S/C18H19NO2/c1-21-18-11-15-9-16(8-7-14(15)10-17(18)20)19-12-13-5-3-2-4-6-13/h2-6,9-11,19-20H,7-8,12H2,1H3. The number of allylic oxidation sites excluding steroid dienone is 1. The Kier molecular flexibility index (Phi) is 3.82. The molecule has 0 aliphatic heterocycles. The van der Waals surface area contributed by atoms with E-state index in [1.807, 2.05) is 12.1 Å². The second kappa shape index (κ2) is 5.92. The van der Waals surface area contributed by atoms with Gasteiger partial charge in [0, 0.05) is 12.2 Å². The fourth-order valence-corrected chi connectivity index (χ4v) is 2.62. The lowest BCUT2D eigenvalue weighted by Crippen LogP contribution is -2.15. The summed E-state index contributed by atoms with van der Waals surface area (Å²) in [6.45, 7) is 0.831. The average molecular weight is 281 g/mol. The topological polar surface area (TPSA) is 41.5 Å². The molecule has 2 aromatic rings. The molecular weight excluding hydrogens is 262 g/mol. The van der Waals surface area contributed by atoms with Gasteiger partial charge in [-0.05, 0) is 47.7 Å². The largest absolute Gasteiger partial charge is 0.504 e. The average Bonchev–Trinajstić information content (AvgIpc) is 2.53. The van der Waals surface area contributed by atoms with Gasteiger partial charge < -0.3 is 15.2 Å². The molecule has 0 bridgehead atoms. The second-order valence-electron chi connectivity index (χ2n) is 5.23. The Morgan fingerprint density at radius 1 is 1.14 bits per heavy atom. The second-order valence-corrected chi connectivity index (χ2v) is 5.23. The highest BCUT2D eigenvalue weighted by Gasteiger charge is 2.14. The van der Waals surface area contributed by atoms with Gasteiger partial charge in [0.1, 0.15) is 0 Å². The molecule has 0 amide bonds. The quantitative estimate of drug-likeness (QED) is 0.901. The highest BCUT2D eigenvalue weighted by atomic mass is 16.5. The normalized spacial score (nSPS) is 13.3. The first kappa shape index (κ1) is 13.6. The first-order chi connectivity index (χ1) is 10.3. The van der Waals surface area contributed by atoms with Crippen LogP contribution in [0, 0.1) is 0 Å². The van der Waals surface area contributed by atoms with Crippen LogP contribution in [0.15, 0.2) is 48.2 Å². The van der Waals surface area contributed by atoms with E-state index < -0.39 is 0 Å². The highest BCUT2D eigenvalue weighted by Crippen LogP contribution is 2.33. The van der Waals surface area contributed by atoms with E-state index >= 15 is 0 Å². The van der Waals surface area contributed by atoms with Crippen LogP contribution in [0.4, 0.5) is 0 Å². The molecule has 1 aliphatic carbocycles. The van der Waals surface area contributed by atoms with E-state index in [0.717, 1.165) is 24.9 Å². The van der Waals surface area contributed by atoms with Crippen LogP contribution < -0.4 is 10.1 Å². The Morgan fingerprint density at radius 3 is 2.71 bits per heavy atom. The molecule has 0 heterocycles. The minimum absolute atomic E-state index is 0.213. The van der Waals surface area contributed by atoms with Crippen LogP contribution in [0.3, 0.4) is 0 Å². The first-order valence-electron chi connectivity index (χ1n) is 7.14. The fraction of sp³-hybridized carbons (Fsp3) is 0.222. The Morgan fingerprint density at radius 2 is 1.95 bits per heavy atom. The number of fused-ring (bicyclic) bond motifs is 1. The smallest absolute Gasteiger partial charge is 0.161 e. The van der Waals surface area contributed by atoms with Gasteiger partial charge >= 0.3 is 0 Å². The monoisotopic (exact) mass is 281 g/mol. The predicted molar refractivity (Wildman–Crippen MR) is 84.2 cm³/mol. The minimum Gasteiger partial charge on any atom is -0.504 e. The van der Waals surface area contributed by atoms with Crippen molar-refractivity contribution in [3.8, 4) is 11.5 Å². The van der Waals surface area contributed by atoms with Gasteiger partial charge in [-0.1, -0.05) is 30.3 Å². The number of phenolic OH excluding ortho intramolecular Hbond substituents is 1. The number of aromatic hydroxyl groups is 1. The van der Waals surface area contributed by atoms with Crippen molar-refractivity contribution >= 4 is 6.08 Å². The van der Waals surface area contributed by atoms with Crippen molar-refractivity contribution in [1.29, 1.82) is 0 Å². The van der Waals surface area contributed by atoms with Gasteiger partial charge in [0.2, 0.25) is 0 Å². The number of hydrogen-bond acceptors (Lipinski definition) is 3. The van der Waals surface area contributed by atoms with E-state index in [1.54, 1.807) is 13.2 Å². The third-order valence-corrected chi connectivity index (χ3v) is 3.80. The van der Waals surface area contributed by atoms with Gasteiger partial charge in [0.25, 0.3) is 0 Å². The molecule has 3 heteroatoms. The molecule has 0 unspecified atom stereocenters. The van der Waals surface area contributed by atoms with Crippen LogP contribution in [0.2, 0.25) is 0 Å². The number of benzene rings is 2. The summed E-state index contributed by atoms with van der Waals surface area (Å²) in [6, 6.07) is 14.1. The lowest BCUT2D eigenvalue weighted by molar-refractivity contribution is 0.373. The molecule has 0 aromatic heterocycles. The number of methoxy groups -OCH3 is 1. The van der Waals surface area contributed by atoms with E-state index in [4.69, 9.17) is 4.74 Å². The van der Waals surface area contributed by atoms with Crippen LogP contribution in [0.5, 0.6) is 11.5 Å². The van der Waals surface area contributed by atoms with Gasteiger partial charge in [-0.25, -0.2) is 0 Å². The molecule has 0 spiro atoms. The molecular formula is C18H19NO2. The van der Waals surface area contributed by atoms with Gasteiger partial charge in [0.05, 0.1) is 7.11 Å². The van der Waals surface area contributed by atoms with Crippen LogP contribution in [0.25, 0.3) is 6.08 Å². The molecule has 0 atom stereocenters. The van der Waals surface area contributed by atoms with E-state index in [0.29, 0.717) is 5.75 Å². The van der Waals surface area contributed by atoms with Crippen LogP contribution >= 0.6 is 0 Å². The van der Waals surface area contributed by atoms with Gasteiger partial charge in [0.15, 0.2) is 11.5 Å². The van der Waals surface area contributed by atoms with Crippen LogP contribution in [0.1, 0.15) is 23.1 Å². The fourth-order valence-electron chi connectivity index (χ4n) is 2.62. The van der Waals surface area contributed by atoms with Crippen molar-refractivity contribution in [2.24, 2.45) is 0 Å². The van der Waals surface area contributed by atoms with Crippen molar-refractivity contribution in [3.05, 3.63) is 64.9 Å². The van der Waals surface area contributed by atoms with Crippen molar-refractivity contribution in [3.63, 3.8) is 0 Å². The Labute approximate surface area is 124 Å². The highest BCUT2D eigenvalue weighted by molar-refractivity contribution is 5.63. The number of rotatable bonds is 4. The molecule has 0 saturated carbocycles. The van der Waals surface area contributed by atoms with Crippen molar-refractivity contribution < 1.29 is 9.84 Å². The number of aryl methyl sites for hydroxylation is 1. The van der Waals surface area contributed by atoms with E-state index in [2.05, 4.69) is 35.7 Å². The van der Waals surface area contributed by atoms with Crippen molar-refractivity contribution in [1.82, 2.24) is 5.32 Å². The molecule has 0 radical (unpaired) electrons. The molecule has 21 heavy (non-hydrogen) atoms. The van der Waals surface area contributed by atoms with E-state index in [1.165, 1.54) is 16.8 Å². The summed E-state index contributed by atoms with van der Waals surface area (Å²) >= 11 is 0. The Balaban J connectivity index is 1.77. The zero-order valence-electron chi connectivity index (χ0n) is 12.1. The summed E-state index contributed by atoms with van der Waals surface area (Å²) < 4.78 is 5.18. The zero-order chi connectivity index (χ0) is 14.7. The number of ether oxygens (including phenoxy) is 1. The molecule has 3 rings (SSSR count). The zero-order valence-corrected chi connectivity index (χ0v) is 12.1. The third kappa shape index (κ3) is 3.02. The summed E-state index contributed by atoms with van der Waals surface area (Å²) in [4.78, 5) is 0. The summed E-state index contributed by atoms with van der Waals surface area (Å²) in [7, 11) is 1.57. The molecule has 1 aliphatic rings. The van der Waals surface area contributed by atoms with Gasteiger partial charge in [-0.2, -0.15) is 0 Å². The third-order valence-electron chi connectivity index (χ3n) is 3.80. The number of nitrogens with one attached hydrogen (secondary N) is 1. The molecule has 2 aromatic carbocycles. The number of hydrogen-bond donors (Lipinski definition) is 2. The summed E-state index contributed by atoms with van der Waals surface area (Å²) in [5.41, 5.74) is 4.77. The SMILES string of the molecule is COc1cc2c(cc1O)CCC(NCc1ccccc1)=C2. The van der Waals surface area contributed by atoms with Gasteiger partial charge in [-0.3, -0.25) is 0 Å². The maximum absolute atomic E-state index is 9.82. The number of phenols is 1. The summed E-state index contributed by atoms with van der Waals surface area (Å²) in [5.74, 6) is 0.736. The molecule has 3 nitrogen and oxygen atoms in total. The predicted octanol–water partition coefficient (Wildman–Crippen LogP) is 3.48. The maximum Gasteiger partial charge on any atom is 0.161 e. The minimum atomic E-state index is 0.213. The molecule has 0 saturated heterocycles. The first-order valence-corrected chi connectivity index (χ1v) is 7.14. The molecule has 0 fully saturated rings. The van der Waals surface area contributed by atoms with Crippen molar-refractivity contribution in [2.75, 3.05) is 7.11 Å². The van der Waals surface area contributed by atoms with Crippen molar-refractivity contribution in [2.45, 2.75) is 19.4 Å². The van der Waals surface area contributed by atoms with E-state index in [9.17, 15) is 5.11 Å². The maximum atomic E-state index is 9.82.